The summed E-state index contributed by atoms with van der Waals surface area (Å²) in [4.78, 5) is 12.6. The van der Waals surface area contributed by atoms with Crippen LogP contribution in [0.4, 0.5) is 0 Å². The van der Waals surface area contributed by atoms with Gasteiger partial charge in [0, 0.05) is 6.54 Å². The monoisotopic (exact) mass is 285 g/mol. The molecule has 0 aliphatic carbocycles. The van der Waals surface area contributed by atoms with Gasteiger partial charge in [0.2, 0.25) is 5.43 Å². The molecule has 3 nitrogen and oxygen atoms in total. The topological polar surface area (TPSA) is 56.2 Å². The third kappa shape index (κ3) is 2.01. The van der Waals surface area contributed by atoms with Gasteiger partial charge >= 0.3 is 0 Å². The van der Waals surface area contributed by atoms with Crippen LogP contribution in [0.2, 0.25) is 5.02 Å². The quantitative estimate of drug-likeness (QED) is 0.783. The van der Waals surface area contributed by atoms with Gasteiger partial charge in [-0.1, -0.05) is 41.9 Å². The number of nitrogens with two attached hydrogens (primary N) is 1. The Labute approximate surface area is 120 Å². The van der Waals surface area contributed by atoms with Gasteiger partial charge in [0.1, 0.15) is 11.8 Å². The fraction of sp³-hybridized carbons (Fsp3) is 0.0625. The van der Waals surface area contributed by atoms with Crippen LogP contribution in [0.5, 0.6) is 0 Å². The number of hydrogen-bond donors (Lipinski definition) is 1. The molecule has 0 fully saturated rings. The summed E-state index contributed by atoms with van der Waals surface area (Å²) in [5.74, 6) is 0. The van der Waals surface area contributed by atoms with Gasteiger partial charge in [-0.25, -0.2) is 0 Å². The second-order valence-corrected chi connectivity index (χ2v) is 4.86. The third-order valence-corrected chi connectivity index (χ3v) is 3.59. The van der Waals surface area contributed by atoms with Crippen molar-refractivity contribution in [1.82, 2.24) is 0 Å². The van der Waals surface area contributed by atoms with Gasteiger partial charge < -0.3 is 10.2 Å². The number of halogens is 1. The van der Waals surface area contributed by atoms with Crippen molar-refractivity contribution in [1.29, 1.82) is 0 Å². The first-order chi connectivity index (χ1) is 9.72. The van der Waals surface area contributed by atoms with E-state index in [-0.39, 0.29) is 5.43 Å². The Balaban J connectivity index is 2.36. The zero-order chi connectivity index (χ0) is 14.1. The summed E-state index contributed by atoms with van der Waals surface area (Å²) in [7, 11) is 0. The highest BCUT2D eigenvalue weighted by Gasteiger charge is 2.13. The van der Waals surface area contributed by atoms with Crippen LogP contribution in [-0.2, 0) is 6.54 Å². The van der Waals surface area contributed by atoms with E-state index in [9.17, 15) is 4.79 Å². The van der Waals surface area contributed by atoms with Crippen LogP contribution in [0.3, 0.4) is 0 Å². The molecule has 0 unspecified atom stereocenters. The minimum absolute atomic E-state index is 0.141. The molecule has 100 valence electrons. The maximum Gasteiger partial charge on any atom is 0.202 e. The fourth-order valence-corrected chi connectivity index (χ4v) is 2.53. The van der Waals surface area contributed by atoms with E-state index >= 15 is 0 Å². The molecule has 3 aromatic rings. The minimum atomic E-state index is -0.141. The van der Waals surface area contributed by atoms with Crippen molar-refractivity contribution in [3.8, 4) is 11.1 Å². The summed E-state index contributed by atoms with van der Waals surface area (Å²) in [5, 5.41) is 0.793. The maximum atomic E-state index is 12.6. The van der Waals surface area contributed by atoms with Crippen molar-refractivity contribution in [3.05, 3.63) is 69.5 Å². The van der Waals surface area contributed by atoms with Gasteiger partial charge in [-0.3, -0.25) is 4.79 Å². The second kappa shape index (κ2) is 5.12. The fourth-order valence-electron chi connectivity index (χ4n) is 2.28. The molecule has 0 atom stereocenters. The molecule has 0 bridgehead atoms. The summed E-state index contributed by atoms with van der Waals surface area (Å²) in [6, 6.07) is 12.7. The van der Waals surface area contributed by atoms with Gasteiger partial charge in [0.05, 0.1) is 16.0 Å². The first kappa shape index (κ1) is 12.9. The molecule has 20 heavy (non-hydrogen) atoms. The highest BCUT2D eigenvalue weighted by Crippen LogP contribution is 2.26. The summed E-state index contributed by atoms with van der Waals surface area (Å²) < 4.78 is 5.53. The van der Waals surface area contributed by atoms with Crippen molar-refractivity contribution in [2.24, 2.45) is 5.73 Å². The van der Waals surface area contributed by atoms with Crippen molar-refractivity contribution in [2.75, 3.05) is 0 Å². The average Bonchev–Trinajstić information content (AvgIpc) is 2.48. The van der Waals surface area contributed by atoms with Crippen molar-refractivity contribution >= 4 is 22.6 Å². The van der Waals surface area contributed by atoms with E-state index in [1.54, 1.807) is 18.2 Å². The molecule has 0 saturated carbocycles. The lowest BCUT2D eigenvalue weighted by Gasteiger charge is -2.08. The standard InChI is InChI=1S/C16H12ClNO2/c17-13-6-3-7-14-15(13)16(19)12(9-20-14)11-5-2-1-4-10(11)8-18/h1-7,9H,8,18H2. The van der Waals surface area contributed by atoms with E-state index < -0.39 is 0 Å². The Hall–Kier alpha value is -2.10. The molecule has 2 aromatic carbocycles. The maximum absolute atomic E-state index is 12.6. The molecule has 1 heterocycles. The average molecular weight is 286 g/mol. The van der Waals surface area contributed by atoms with E-state index in [1.807, 2.05) is 24.3 Å². The van der Waals surface area contributed by atoms with Crippen LogP contribution in [0, 0.1) is 0 Å². The van der Waals surface area contributed by atoms with E-state index in [0.717, 1.165) is 11.1 Å². The molecule has 0 amide bonds. The Bertz CT molecular complexity index is 839. The highest BCUT2D eigenvalue weighted by molar-refractivity contribution is 6.35. The van der Waals surface area contributed by atoms with E-state index in [1.165, 1.54) is 6.26 Å². The minimum Gasteiger partial charge on any atom is -0.463 e. The second-order valence-electron chi connectivity index (χ2n) is 4.45. The molecular weight excluding hydrogens is 274 g/mol. The van der Waals surface area contributed by atoms with E-state index in [0.29, 0.717) is 28.1 Å². The molecule has 0 aliphatic heterocycles. The van der Waals surface area contributed by atoms with Gasteiger partial charge in [-0.05, 0) is 23.3 Å². The zero-order valence-corrected chi connectivity index (χ0v) is 11.4. The number of fused-ring (bicyclic) bond motifs is 1. The lowest BCUT2D eigenvalue weighted by Crippen LogP contribution is -2.08. The smallest absolute Gasteiger partial charge is 0.202 e. The highest BCUT2D eigenvalue weighted by atomic mass is 35.5. The largest absolute Gasteiger partial charge is 0.463 e. The van der Waals surface area contributed by atoms with Gasteiger partial charge in [0.25, 0.3) is 0 Å². The Kier molecular flexibility index (Phi) is 3.30. The first-order valence-corrected chi connectivity index (χ1v) is 6.58. The Morgan fingerprint density at radius 2 is 1.85 bits per heavy atom. The van der Waals surface area contributed by atoms with Crippen molar-refractivity contribution < 1.29 is 4.42 Å². The van der Waals surface area contributed by atoms with Crippen molar-refractivity contribution in [2.45, 2.75) is 6.54 Å². The molecule has 0 saturated heterocycles. The summed E-state index contributed by atoms with van der Waals surface area (Å²) in [5.41, 5.74) is 8.22. The van der Waals surface area contributed by atoms with Crippen LogP contribution in [0.1, 0.15) is 5.56 Å². The predicted molar refractivity (Wildman–Crippen MR) is 80.8 cm³/mol. The molecule has 1 aromatic heterocycles. The molecule has 3 rings (SSSR count). The van der Waals surface area contributed by atoms with Gasteiger partial charge in [-0.2, -0.15) is 0 Å². The number of benzene rings is 2. The third-order valence-electron chi connectivity index (χ3n) is 3.28. The van der Waals surface area contributed by atoms with Crippen LogP contribution < -0.4 is 11.2 Å². The molecule has 4 heteroatoms. The number of hydrogen-bond acceptors (Lipinski definition) is 3. The summed E-state index contributed by atoms with van der Waals surface area (Å²) >= 11 is 6.11. The predicted octanol–water partition coefficient (Wildman–Crippen LogP) is 3.57. The molecular formula is C16H12ClNO2. The Morgan fingerprint density at radius 3 is 2.65 bits per heavy atom. The molecule has 0 aliphatic rings. The lowest BCUT2D eigenvalue weighted by atomic mass is 10.00. The van der Waals surface area contributed by atoms with Crippen LogP contribution in [-0.4, -0.2) is 0 Å². The summed E-state index contributed by atoms with van der Waals surface area (Å²) in [6.45, 7) is 0.357. The van der Waals surface area contributed by atoms with Gasteiger partial charge in [0.15, 0.2) is 0 Å². The number of rotatable bonds is 2. The molecule has 2 N–H and O–H groups in total. The Morgan fingerprint density at radius 1 is 1.05 bits per heavy atom. The normalized spacial score (nSPS) is 10.9. The SMILES string of the molecule is NCc1ccccc1-c1coc2cccc(Cl)c2c1=O. The van der Waals surface area contributed by atoms with Crippen molar-refractivity contribution in [3.63, 3.8) is 0 Å². The lowest BCUT2D eigenvalue weighted by molar-refractivity contribution is 0.604. The first-order valence-electron chi connectivity index (χ1n) is 6.20. The van der Waals surface area contributed by atoms with Crippen LogP contribution >= 0.6 is 11.6 Å². The summed E-state index contributed by atoms with van der Waals surface area (Å²) in [6.07, 6.45) is 1.47. The van der Waals surface area contributed by atoms with E-state index in [4.69, 9.17) is 21.8 Å². The van der Waals surface area contributed by atoms with Gasteiger partial charge in [-0.15, -0.1) is 0 Å². The van der Waals surface area contributed by atoms with E-state index in [2.05, 4.69) is 0 Å². The molecule has 0 radical (unpaired) electrons. The zero-order valence-electron chi connectivity index (χ0n) is 10.6. The molecule has 0 spiro atoms. The van der Waals surface area contributed by atoms with Crippen LogP contribution in [0.15, 0.2) is 57.9 Å². The van der Waals surface area contributed by atoms with Crippen LogP contribution in [0.25, 0.3) is 22.1 Å².